The Morgan fingerprint density at radius 3 is 2.28 bits per heavy atom. The molecule has 502 valence electrons. The maximum absolute atomic E-state index is 15.4. The Morgan fingerprint density at radius 2 is 1.64 bits per heavy atom. The zero-order chi connectivity index (χ0) is 66.7. The maximum atomic E-state index is 15.4. The third-order valence-corrected chi connectivity index (χ3v) is 19.5. The molecule has 0 bridgehead atoms. The van der Waals surface area contributed by atoms with Crippen LogP contribution < -0.4 is 53.4 Å². The molecule has 1 aromatic heterocycles. The van der Waals surface area contributed by atoms with Gasteiger partial charge in [-0.2, -0.15) is 11.8 Å². The number of unbranched alkanes of at least 4 members (excludes halogenated alkanes) is 2. The van der Waals surface area contributed by atoms with Crippen molar-refractivity contribution in [2.24, 2.45) is 29.2 Å². The van der Waals surface area contributed by atoms with E-state index in [0.29, 0.717) is 80.4 Å². The van der Waals surface area contributed by atoms with E-state index in [0.717, 1.165) is 4.90 Å². The van der Waals surface area contributed by atoms with Crippen molar-refractivity contribution in [1.29, 1.82) is 0 Å². The van der Waals surface area contributed by atoms with Gasteiger partial charge in [-0.1, -0.05) is 47.5 Å². The molecule has 2 saturated heterocycles. The first-order valence-electron chi connectivity index (χ1n) is 30.4. The van der Waals surface area contributed by atoms with Crippen LogP contribution in [0.5, 0.6) is 5.75 Å². The molecule has 3 unspecified atom stereocenters. The molecule has 2 aromatic rings. The summed E-state index contributed by atoms with van der Waals surface area (Å²) in [7, 11) is -1.03. The number of amides is 10. The number of nitrogens with one attached hydrogen (secondary N) is 8. The molecule has 3 aliphatic heterocycles. The van der Waals surface area contributed by atoms with E-state index in [-0.39, 0.29) is 58.6 Å². The highest BCUT2D eigenvalue weighted by Gasteiger charge is 2.45. The molecule has 0 radical (unpaired) electrons. The van der Waals surface area contributed by atoms with Crippen LogP contribution in [0, 0.1) is 17.8 Å². The fourth-order valence-electron chi connectivity index (χ4n) is 11.0. The molecule has 17 N–H and O–H groups in total. The number of aromatic nitrogens is 1. The molecule has 0 saturated carbocycles. The van der Waals surface area contributed by atoms with Crippen molar-refractivity contribution < 1.29 is 87.2 Å². The summed E-state index contributed by atoms with van der Waals surface area (Å²) in [6.07, 6.45) is -3.23. The topological polar surface area (TPSA) is 474 Å². The molecule has 5 rings (SSSR count). The number of carboxylic acid groups (broad SMARTS) is 1. The van der Waals surface area contributed by atoms with Crippen LogP contribution >= 0.6 is 11.8 Å². The minimum absolute atomic E-state index is 0.0471. The number of rotatable bonds is 28. The molecule has 3 aliphatic rings. The van der Waals surface area contributed by atoms with Gasteiger partial charge in [0.25, 0.3) is 0 Å². The highest BCUT2D eigenvalue weighted by atomic mass is 32.2. The van der Waals surface area contributed by atoms with Gasteiger partial charge in [0.15, 0.2) is 0 Å². The van der Waals surface area contributed by atoms with Gasteiger partial charge in [-0.3, -0.25) is 62.3 Å². The number of methoxy groups -OCH3 is 1. The number of thioether (sulfide) groups is 1. The monoisotopic (exact) mass is 1310 g/mol. The Labute approximate surface area is 528 Å². The summed E-state index contributed by atoms with van der Waals surface area (Å²) in [5.74, 6) is -11.7. The Hall–Kier alpha value is -6.97. The summed E-state index contributed by atoms with van der Waals surface area (Å²) in [6.45, 7) is 7.26. The van der Waals surface area contributed by atoms with Crippen molar-refractivity contribution >= 4 is 98.5 Å². The van der Waals surface area contributed by atoms with Gasteiger partial charge in [-0.25, -0.2) is 0 Å². The lowest BCUT2D eigenvalue weighted by Gasteiger charge is -2.35. The van der Waals surface area contributed by atoms with Crippen molar-refractivity contribution in [3.8, 4) is 5.75 Å². The van der Waals surface area contributed by atoms with E-state index in [1.165, 1.54) is 25.8 Å². The van der Waals surface area contributed by atoms with Crippen LogP contribution in [0.1, 0.15) is 116 Å². The Kier molecular flexibility index (Phi) is 28.7. The zero-order valence-corrected chi connectivity index (χ0v) is 53.3. The van der Waals surface area contributed by atoms with Gasteiger partial charge in [0.1, 0.15) is 41.2 Å². The third kappa shape index (κ3) is 20.3. The van der Waals surface area contributed by atoms with Gasteiger partial charge in [0.05, 0.1) is 79.0 Å². The first-order valence-corrected chi connectivity index (χ1v) is 32.8. The van der Waals surface area contributed by atoms with Crippen LogP contribution in [0.4, 0.5) is 0 Å². The second-order valence-electron chi connectivity index (χ2n) is 23.1. The smallest absolute Gasteiger partial charge is 0.307 e. The largest absolute Gasteiger partial charge is 0.496 e. The third-order valence-electron chi connectivity index (χ3n) is 16.7. The number of primary amides is 2. The standard InChI is InChI=1S/C58H90N12O18S2/c1-7-29(4)48(66-44(75)9-3)54(82)62-23-46(77)63-39-28-90(87)56-35(21-37(51(60)79)64-55(83)49(30(5)41(73)26-71)67-53(81)40-20-32(72)24-70(40)57(84)38(22-43(59)74)65-52(39)80)34-14-15-42(88-6)36(50(34)68-56)27-89-33-16-18-69(25-33)47(78)13-11-10-12-17-61-45(76)19-31(8-2)58(85)86/h14-15,29-33,37-41,48-49,55,64,68,71-73,83H,7-13,16-28H2,1-6H3,(H2,59,74)(H2,60,79)(H,61,76)(H,62,82)(H,63,77)(H,65,80)(H,66,75)(H,67,81)(H,85,86)/t29-,30-,31?,32+,33-,37-,38-,39-,40-,41-,48-,49-,55?,90?/m0/s1. The van der Waals surface area contributed by atoms with E-state index in [2.05, 4.69) is 42.2 Å². The van der Waals surface area contributed by atoms with E-state index in [9.17, 15) is 78.3 Å². The summed E-state index contributed by atoms with van der Waals surface area (Å²) in [5.41, 5.74) is 12.7. The second kappa shape index (κ2) is 35.0. The summed E-state index contributed by atoms with van der Waals surface area (Å²) in [6, 6.07) is -6.33. The van der Waals surface area contributed by atoms with Crippen LogP contribution in [0.15, 0.2) is 17.2 Å². The summed E-state index contributed by atoms with van der Waals surface area (Å²) < 4.78 is 21.2. The number of fused-ring (bicyclic) bond motifs is 4. The minimum atomic E-state index is -2.46. The van der Waals surface area contributed by atoms with Crippen LogP contribution in [0.25, 0.3) is 10.9 Å². The number of aliphatic hydroxyl groups excluding tert-OH is 4. The number of hydrogen-bond donors (Lipinski definition) is 15. The van der Waals surface area contributed by atoms with Crippen LogP contribution in [-0.2, 0) is 75.7 Å². The van der Waals surface area contributed by atoms with Crippen molar-refractivity contribution in [3.05, 3.63) is 23.3 Å². The van der Waals surface area contributed by atoms with E-state index in [1.54, 1.807) is 44.7 Å². The molecule has 30 nitrogen and oxygen atoms in total. The fraction of sp³-hybridized carbons (Fsp3) is 0.672. The normalized spacial score (nSPS) is 24.3. The fourth-order valence-corrected chi connectivity index (χ4v) is 13.7. The van der Waals surface area contributed by atoms with Gasteiger partial charge in [0, 0.05) is 86.2 Å². The van der Waals surface area contributed by atoms with Gasteiger partial charge < -0.3 is 88.4 Å². The number of carbonyl (C=O) groups is 11. The average Bonchev–Trinajstić information content (AvgIpc) is 1.66. The molecule has 10 amide bonds. The van der Waals surface area contributed by atoms with Gasteiger partial charge in [0.2, 0.25) is 59.1 Å². The maximum Gasteiger partial charge on any atom is 0.307 e. The number of aromatic amines is 1. The highest BCUT2D eigenvalue weighted by Crippen LogP contribution is 2.38. The molecule has 4 heterocycles. The number of carbonyl (C=O) groups excluding carboxylic acids is 10. The number of nitrogens with zero attached hydrogens (tertiary/aromatic N) is 2. The van der Waals surface area contributed by atoms with Crippen molar-refractivity contribution in [2.75, 3.05) is 52.2 Å². The molecule has 0 aliphatic carbocycles. The number of hydrogen-bond acceptors (Lipinski definition) is 19. The number of likely N-dealkylation sites (tertiary alicyclic amines) is 1. The van der Waals surface area contributed by atoms with Crippen molar-refractivity contribution in [3.63, 3.8) is 0 Å². The van der Waals surface area contributed by atoms with Crippen LogP contribution in [-0.4, -0.2) is 222 Å². The van der Waals surface area contributed by atoms with Gasteiger partial charge in [-0.15, -0.1) is 0 Å². The Bertz CT molecular complexity index is 2940. The number of benzene rings is 1. The quantitative estimate of drug-likeness (QED) is 0.0376. The molecule has 32 heteroatoms. The second-order valence-corrected chi connectivity index (χ2v) is 25.9. The summed E-state index contributed by atoms with van der Waals surface area (Å²) in [5, 5.41) is 71.2. The van der Waals surface area contributed by atoms with Crippen LogP contribution in [0.2, 0.25) is 0 Å². The zero-order valence-electron chi connectivity index (χ0n) is 51.7. The van der Waals surface area contributed by atoms with E-state index < -0.39 is 175 Å². The van der Waals surface area contributed by atoms with Gasteiger partial charge >= 0.3 is 5.97 Å². The van der Waals surface area contributed by atoms with Crippen LogP contribution in [0.3, 0.4) is 0 Å². The first kappa shape index (κ1) is 73.8. The van der Waals surface area contributed by atoms with Crippen molar-refractivity contribution in [1.82, 2.24) is 52.0 Å². The Morgan fingerprint density at radius 1 is 0.922 bits per heavy atom. The molecule has 2 fully saturated rings. The molecule has 1 aromatic carbocycles. The molecular weight excluding hydrogens is 1220 g/mol. The average molecular weight is 1310 g/mol. The molecule has 0 spiro atoms. The Balaban J connectivity index is 1.53. The number of nitrogens with two attached hydrogens (primary N) is 2. The summed E-state index contributed by atoms with van der Waals surface area (Å²) >= 11 is 1.50. The van der Waals surface area contributed by atoms with E-state index in [4.69, 9.17) is 16.2 Å². The molecular formula is C58H90N12O18S2. The van der Waals surface area contributed by atoms with E-state index in [1.807, 2.05) is 0 Å². The predicted molar refractivity (Wildman–Crippen MR) is 328 cm³/mol. The lowest BCUT2D eigenvalue weighted by Crippen LogP contribution is -2.63. The van der Waals surface area contributed by atoms with E-state index >= 15 is 4.21 Å². The number of carboxylic acids is 1. The lowest BCUT2D eigenvalue weighted by molar-refractivity contribution is -0.144. The van der Waals surface area contributed by atoms with Crippen molar-refractivity contribution in [2.45, 2.75) is 182 Å². The lowest BCUT2D eigenvalue weighted by atomic mass is 9.93. The SMILES string of the molecule is CCC(=O)N[C@H](C(=O)NCC(=O)N[C@H]1CS(=O)c2[nH]c3c(CS[C@H]4CCN(C(=O)CCCCCNC(=O)CC(CC)C(=O)O)C4)c(OC)ccc3c2C[C@@H](C(N)=O)NC(O)[C@H]([C@@H](C)[C@@H](O)CO)NC(=O)[C@@H]2C[C@@H](O)CN2C(=O)[C@H](CC(N)=O)NC1=O)[C@@H](C)CC. The predicted octanol–water partition coefficient (Wildman–Crippen LogP) is -3.05. The number of H-pyrrole nitrogens is 1. The number of ether oxygens (including phenoxy) is 1. The highest BCUT2D eigenvalue weighted by molar-refractivity contribution is 7.99. The molecule has 90 heavy (non-hydrogen) atoms. The summed E-state index contributed by atoms with van der Waals surface area (Å²) in [4.78, 5) is 153. The number of aliphatic carboxylic acids is 1. The van der Waals surface area contributed by atoms with Gasteiger partial charge in [-0.05, 0) is 49.3 Å². The first-order chi connectivity index (χ1) is 42.7. The number of aliphatic hydroxyl groups is 4. The minimum Gasteiger partial charge on any atom is -0.496 e. The molecule has 14 atom stereocenters.